The van der Waals surface area contributed by atoms with Gasteiger partial charge in [0.2, 0.25) is 5.82 Å². The molecular weight excluding hydrogens is 314 g/mol. The molecule has 2 N–H and O–H groups in total. The average Bonchev–Trinajstić information content (AvgIpc) is 3.25. The zero-order valence-corrected chi connectivity index (χ0v) is 14.7. The number of furan rings is 1. The Kier molecular flexibility index (Phi) is 5.34. The first kappa shape index (κ1) is 17.0. The van der Waals surface area contributed by atoms with Gasteiger partial charge >= 0.3 is 0 Å². The van der Waals surface area contributed by atoms with E-state index in [9.17, 15) is 0 Å². The maximum absolute atomic E-state index is 6.13. The minimum absolute atomic E-state index is 0.354. The van der Waals surface area contributed by atoms with Crippen LogP contribution in [0.3, 0.4) is 0 Å². The van der Waals surface area contributed by atoms with E-state index in [1.165, 1.54) is 0 Å². The number of aromatic nitrogens is 4. The molecule has 0 unspecified atom stereocenters. The maximum atomic E-state index is 6.13. The molecule has 3 aromatic heterocycles. The minimum atomic E-state index is 0.354. The van der Waals surface area contributed by atoms with Crippen molar-refractivity contribution in [2.24, 2.45) is 0 Å². The number of nitrogens with zero attached hydrogens (tertiary/aromatic N) is 4. The van der Waals surface area contributed by atoms with Crippen molar-refractivity contribution >= 4 is 17.0 Å². The lowest BCUT2D eigenvalue weighted by molar-refractivity contribution is 0.564. The molecule has 0 atom stereocenters. The lowest BCUT2D eigenvalue weighted by Crippen LogP contribution is -2.04. The van der Waals surface area contributed by atoms with Gasteiger partial charge in [0.1, 0.15) is 0 Å². The van der Waals surface area contributed by atoms with Crippen molar-refractivity contribution in [3.63, 3.8) is 0 Å². The fourth-order valence-electron chi connectivity index (χ4n) is 2.61. The van der Waals surface area contributed by atoms with Crippen LogP contribution >= 0.6 is 0 Å². The van der Waals surface area contributed by atoms with E-state index in [4.69, 9.17) is 10.2 Å². The maximum Gasteiger partial charge on any atom is 0.208 e. The van der Waals surface area contributed by atoms with Crippen molar-refractivity contribution < 1.29 is 4.42 Å². The van der Waals surface area contributed by atoms with Gasteiger partial charge in [-0.3, -0.25) is 0 Å². The summed E-state index contributed by atoms with van der Waals surface area (Å²) in [4.78, 5) is 13.5. The summed E-state index contributed by atoms with van der Waals surface area (Å²) in [6.45, 7) is 5.09. The number of unbranched alkanes of at least 4 members (excludes halogenated alkanes) is 3. The van der Waals surface area contributed by atoms with Crippen molar-refractivity contribution in [1.29, 1.82) is 0 Å². The Hall–Kier alpha value is -2.81. The van der Waals surface area contributed by atoms with Crippen molar-refractivity contribution in [2.45, 2.75) is 52.5 Å². The summed E-state index contributed by atoms with van der Waals surface area (Å²) in [5, 5.41) is 0. The average molecular weight is 337 g/mol. The topological polar surface area (TPSA) is 82.8 Å². The first-order chi connectivity index (χ1) is 12.2. The SMILES string of the molecule is CCCCC#Cc1nc(N)c2nc(-c3ccco3)n(CCCC)c2n1. The number of aryl methyl sites for hydroxylation is 1. The van der Waals surface area contributed by atoms with Gasteiger partial charge in [-0.25, -0.2) is 15.0 Å². The highest BCUT2D eigenvalue weighted by Gasteiger charge is 2.18. The number of nitrogens with two attached hydrogens (primary N) is 1. The molecule has 0 aliphatic rings. The van der Waals surface area contributed by atoms with Gasteiger partial charge in [-0.15, -0.1) is 0 Å². The second-order valence-electron chi connectivity index (χ2n) is 5.93. The predicted octanol–water partition coefficient (Wildman–Crippen LogP) is 4.01. The second kappa shape index (κ2) is 7.84. The molecule has 0 bridgehead atoms. The van der Waals surface area contributed by atoms with Gasteiger partial charge < -0.3 is 14.7 Å². The van der Waals surface area contributed by atoms with Gasteiger partial charge in [0.15, 0.2) is 28.6 Å². The van der Waals surface area contributed by atoms with Gasteiger partial charge in [-0.2, -0.15) is 0 Å². The van der Waals surface area contributed by atoms with Crippen LogP contribution in [0, 0.1) is 11.8 Å². The Labute approximate surface area is 147 Å². The highest BCUT2D eigenvalue weighted by Crippen LogP contribution is 2.27. The number of rotatable bonds is 6. The lowest BCUT2D eigenvalue weighted by Gasteiger charge is -2.06. The summed E-state index contributed by atoms with van der Waals surface area (Å²) >= 11 is 0. The van der Waals surface area contributed by atoms with E-state index < -0.39 is 0 Å². The summed E-state index contributed by atoms with van der Waals surface area (Å²) in [5.74, 6) is 8.36. The van der Waals surface area contributed by atoms with E-state index in [0.717, 1.165) is 44.5 Å². The van der Waals surface area contributed by atoms with E-state index >= 15 is 0 Å². The van der Waals surface area contributed by atoms with Gasteiger partial charge in [0.25, 0.3) is 0 Å². The molecule has 6 heteroatoms. The molecule has 0 fully saturated rings. The third-order valence-electron chi connectivity index (χ3n) is 3.95. The molecule has 3 rings (SSSR count). The molecule has 0 spiro atoms. The summed E-state index contributed by atoms with van der Waals surface area (Å²) in [6.07, 6.45) is 6.75. The fourth-order valence-corrected chi connectivity index (χ4v) is 2.61. The quantitative estimate of drug-likeness (QED) is 0.543. The number of imidazole rings is 1. The molecule has 0 saturated heterocycles. The van der Waals surface area contributed by atoms with Gasteiger partial charge in [-0.1, -0.05) is 32.6 Å². The molecular formula is C19H23N5O. The molecule has 0 amide bonds. The number of nitrogen functional groups attached to an aromatic ring is 1. The lowest BCUT2D eigenvalue weighted by atomic mass is 10.2. The first-order valence-corrected chi connectivity index (χ1v) is 8.81. The Balaban J connectivity index is 2.09. The highest BCUT2D eigenvalue weighted by atomic mass is 16.3. The van der Waals surface area contributed by atoms with Crippen molar-refractivity contribution in [2.75, 3.05) is 5.73 Å². The van der Waals surface area contributed by atoms with Crippen molar-refractivity contribution in [3.05, 3.63) is 24.2 Å². The normalized spacial score (nSPS) is 10.8. The summed E-state index contributed by atoms with van der Waals surface area (Å²) in [5.41, 5.74) is 7.44. The van der Waals surface area contributed by atoms with Gasteiger partial charge in [0.05, 0.1) is 6.26 Å². The smallest absolute Gasteiger partial charge is 0.208 e. The molecule has 0 aliphatic carbocycles. The zero-order chi connectivity index (χ0) is 17.6. The van der Waals surface area contributed by atoms with Crippen LogP contribution in [0.2, 0.25) is 0 Å². The van der Waals surface area contributed by atoms with E-state index in [-0.39, 0.29) is 0 Å². The minimum Gasteiger partial charge on any atom is -0.461 e. The highest BCUT2D eigenvalue weighted by molar-refractivity contribution is 5.85. The van der Waals surface area contributed by atoms with E-state index in [1.54, 1.807) is 6.26 Å². The van der Waals surface area contributed by atoms with Gasteiger partial charge in [0, 0.05) is 13.0 Å². The van der Waals surface area contributed by atoms with Crippen LogP contribution in [0.15, 0.2) is 22.8 Å². The van der Waals surface area contributed by atoms with Crippen LogP contribution in [0.1, 0.15) is 51.8 Å². The zero-order valence-electron chi connectivity index (χ0n) is 14.7. The van der Waals surface area contributed by atoms with Crippen LogP contribution in [-0.4, -0.2) is 19.5 Å². The standard InChI is InChI=1S/C19H23N5O/c1-3-5-7-8-11-15-21-17(20)16-19(22-15)24(12-6-4-2)18(23-16)14-10-9-13-25-14/h9-10,13H,3-7,12H2,1-2H3,(H2,20,21,22). The van der Waals surface area contributed by atoms with E-state index in [0.29, 0.717) is 28.6 Å². The summed E-state index contributed by atoms with van der Waals surface area (Å²) in [6, 6.07) is 3.73. The van der Waals surface area contributed by atoms with Crippen LogP contribution < -0.4 is 5.73 Å². The molecule has 0 radical (unpaired) electrons. The molecule has 6 nitrogen and oxygen atoms in total. The number of hydrogen-bond acceptors (Lipinski definition) is 5. The number of anilines is 1. The van der Waals surface area contributed by atoms with E-state index in [1.807, 2.05) is 16.7 Å². The Morgan fingerprint density at radius 1 is 1.16 bits per heavy atom. The largest absolute Gasteiger partial charge is 0.461 e. The molecule has 25 heavy (non-hydrogen) atoms. The van der Waals surface area contributed by atoms with Crippen molar-refractivity contribution in [3.8, 4) is 23.4 Å². The molecule has 3 heterocycles. The second-order valence-corrected chi connectivity index (χ2v) is 5.93. The molecule has 3 aromatic rings. The fraction of sp³-hybridized carbons (Fsp3) is 0.421. The monoisotopic (exact) mass is 337 g/mol. The number of fused-ring (bicyclic) bond motifs is 1. The summed E-state index contributed by atoms with van der Waals surface area (Å²) < 4.78 is 7.58. The van der Waals surface area contributed by atoms with E-state index in [2.05, 4.69) is 40.6 Å². The Morgan fingerprint density at radius 3 is 2.72 bits per heavy atom. The van der Waals surface area contributed by atoms with Crippen LogP contribution in [-0.2, 0) is 6.54 Å². The molecule has 0 aliphatic heterocycles. The predicted molar refractivity (Wildman–Crippen MR) is 98.7 cm³/mol. The Bertz CT molecular complexity index is 899. The van der Waals surface area contributed by atoms with Crippen LogP contribution in [0.4, 0.5) is 5.82 Å². The van der Waals surface area contributed by atoms with Crippen LogP contribution in [0.5, 0.6) is 0 Å². The van der Waals surface area contributed by atoms with Gasteiger partial charge in [-0.05, 0) is 30.9 Å². The Morgan fingerprint density at radius 2 is 2.00 bits per heavy atom. The van der Waals surface area contributed by atoms with Crippen molar-refractivity contribution in [1.82, 2.24) is 19.5 Å². The molecule has 0 saturated carbocycles. The molecule has 0 aromatic carbocycles. The molecule has 130 valence electrons. The number of hydrogen-bond donors (Lipinski definition) is 1. The summed E-state index contributed by atoms with van der Waals surface area (Å²) in [7, 11) is 0. The first-order valence-electron chi connectivity index (χ1n) is 8.81. The van der Waals surface area contributed by atoms with Crippen LogP contribution in [0.25, 0.3) is 22.7 Å². The third kappa shape index (κ3) is 3.66. The third-order valence-corrected chi connectivity index (χ3v) is 3.95.